The monoisotopic (exact) mass is 263 g/mol. The highest BCUT2D eigenvalue weighted by molar-refractivity contribution is 5.76. The molecule has 1 fully saturated rings. The number of nitrogens with zero attached hydrogens (tertiary/aromatic N) is 1. The SMILES string of the molecule is Cc1ccc(NCCC(=O)N2CCOCC2)cc1N. The summed E-state index contributed by atoms with van der Waals surface area (Å²) in [5.74, 6) is 0.177. The number of amides is 1. The van der Waals surface area contributed by atoms with E-state index in [0.717, 1.165) is 16.9 Å². The zero-order chi connectivity index (χ0) is 13.7. The molecule has 0 unspecified atom stereocenters. The molecule has 1 aliphatic rings. The number of carbonyl (C=O) groups excluding carboxylic acids is 1. The lowest BCUT2D eigenvalue weighted by atomic mass is 10.2. The average molecular weight is 263 g/mol. The molecule has 1 heterocycles. The molecule has 5 heteroatoms. The van der Waals surface area contributed by atoms with Crippen molar-refractivity contribution in [3.8, 4) is 0 Å². The number of hydrogen-bond acceptors (Lipinski definition) is 4. The number of morpholine rings is 1. The first-order valence-corrected chi connectivity index (χ1v) is 6.62. The van der Waals surface area contributed by atoms with Crippen molar-refractivity contribution in [2.24, 2.45) is 0 Å². The number of carbonyl (C=O) groups is 1. The second-order valence-corrected chi connectivity index (χ2v) is 4.74. The summed E-state index contributed by atoms with van der Waals surface area (Å²) in [6, 6.07) is 5.85. The summed E-state index contributed by atoms with van der Waals surface area (Å²) in [4.78, 5) is 13.8. The summed E-state index contributed by atoms with van der Waals surface area (Å²) in [5, 5.41) is 3.22. The van der Waals surface area contributed by atoms with Gasteiger partial charge >= 0.3 is 0 Å². The maximum Gasteiger partial charge on any atom is 0.224 e. The number of nitrogens with one attached hydrogen (secondary N) is 1. The zero-order valence-electron chi connectivity index (χ0n) is 11.3. The van der Waals surface area contributed by atoms with E-state index in [1.165, 1.54) is 0 Å². The summed E-state index contributed by atoms with van der Waals surface area (Å²) in [6.07, 6.45) is 0.494. The molecule has 19 heavy (non-hydrogen) atoms. The Morgan fingerprint density at radius 3 is 2.84 bits per heavy atom. The molecule has 1 aliphatic heterocycles. The molecule has 1 aromatic carbocycles. The van der Waals surface area contributed by atoms with Crippen LogP contribution in [0.15, 0.2) is 18.2 Å². The van der Waals surface area contributed by atoms with Crippen LogP contribution in [0.4, 0.5) is 11.4 Å². The van der Waals surface area contributed by atoms with Gasteiger partial charge < -0.3 is 20.7 Å². The molecule has 0 aromatic heterocycles. The van der Waals surface area contributed by atoms with Gasteiger partial charge in [0.05, 0.1) is 13.2 Å². The minimum Gasteiger partial charge on any atom is -0.398 e. The summed E-state index contributed by atoms with van der Waals surface area (Å²) in [7, 11) is 0. The lowest BCUT2D eigenvalue weighted by Crippen LogP contribution is -2.41. The predicted octanol–water partition coefficient (Wildman–Crippen LogP) is 1.24. The Morgan fingerprint density at radius 2 is 2.16 bits per heavy atom. The first-order chi connectivity index (χ1) is 9.16. The van der Waals surface area contributed by atoms with Crippen molar-refractivity contribution in [3.63, 3.8) is 0 Å². The van der Waals surface area contributed by atoms with Crippen molar-refractivity contribution < 1.29 is 9.53 Å². The smallest absolute Gasteiger partial charge is 0.224 e. The number of ether oxygens (including phenoxy) is 1. The van der Waals surface area contributed by atoms with Crippen molar-refractivity contribution in [3.05, 3.63) is 23.8 Å². The lowest BCUT2D eigenvalue weighted by Gasteiger charge is -2.26. The van der Waals surface area contributed by atoms with Gasteiger partial charge in [-0.25, -0.2) is 0 Å². The predicted molar refractivity (Wildman–Crippen MR) is 76.1 cm³/mol. The number of nitrogen functional groups attached to an aromatic ring is 1. The van der Waals surface area contributed by atoms with E-state index in [2.05, 4.69) is 5.32 Å². The molecular weight excluding hydrogens is 242 g/mol. The standard InChI is InChI=1S/C14H21N3O2/c1-11-2-3-12(10-13(11)15)16-5-4-14(18)17-6-8-19-9-7-17/h2-3,10,16H,4-9,15H2,1H3. The molecule has 0 radical (unpaired) electrons. The second-order valence-electron chi connectivity index (χ2n) is 4.74. The summed E-state index contributed by atoms with van der Waals surface area (Å²) >= 11 is 0. The van der Waals surface area contributed by atoms with Crippen LogP contribution in [-0.2, 0) is 9.53 Å². The largest absolute Gasteiger partial charge is 0.398 e. The van der Waals surface area contributed by atoms with Crippen molar-refractivity contribution in [1.82, 2.24) is 4.90 Å². The van der Waals surface area contributed by atoms with Crippen LogP contribution in [0.5, 0.6) is 0 Å². The number of hydrogen-bond donors (Lipinski definition) is 2. The molecule has 0 aliphatic carbocycles. The maximum absolute atomic E-state index is 11.9. The Hall–Kier alpha value is -1.75. The zero-order valence-corrected chi connectivity index (χ0v) is 11.3. The number of rotatable bonds is 4. The molecule has 1 aromatic rings. The third-order valence-corrected chi connectivity index (χ3v) is 3.31. The minimum atomic E-state index is 0.177. The van der Waals surface area contributed by atoms with Gasteiger partial charge in [0.15, 0.2) is 0 Å². The molecule has 104 valence electrons. The van der Waals surface area contributed by atoms with Gasteiger partial charge in [-0.1, -0.05) is 6.07 Å². The molecule has 0 saturated carbocycles. The number of benzene rings is 1. The van der Waals surface area contributed by atoms with E-state index < -0.39 is 0 Å². The quantitative estimate of drug-likeness (QED) is 0.802. The highest BCUT2D eigenvalue weighted by Gasteiger charge is 2.15. The van der Waals surface area contributed by atoms with Crippen LogP contribution in [0.25, 0.3) is 0 Å². The molecule has 1 amide bonds. The number of nitrogens with two attached hydrogens (primary N) is 1. The van der Waals surface area contributed by atoms with Crippen LogP contribution in [-0.4, -0.2) is 43.7 Å². The summed E-state index contributed by atoms with van der Waals surface area (Å²) < 4.78 is 5.22. The van der Waals surface area contributed by atoms with Crippen molar-refractivity contribution >= 4 is 17.3 Å². The van der Waals surface area contributed by atoms with Crippen molar-refractivity contribution in [1.29, 1.82) is 0 Å². The van der Waals surface area contributed by atoms with Crippen LogP contribution in [0.2, 0.25) is 0 Å². The number of anilines is 2. The Balaban J connectivity index is 1.76. The van der Waals surface area contributed by atoms with Crippen molar-refractivity contribution in [2.45, 2.75) is 13.3 Å². The molecule has 3 N–H and O–H groups in total. The van der Waals surface area contributed by atoms with E-state index >= 15 is 0 Å². The fourth-order valence-corrected chi connectivity index (χ4v) is 2.04. The first kappa shape index (κ1) is 13.7. The van der Waals surface area contributed by atoms with E-state index in [1.807, 2.05) is 30.0 Å². The minimum absolute atomic E-state index is 0.177. The first-order valence-electron chi connectivity index (χ1n) is 6.62. The second kappa shape index (κ2) is 6.43. The molecule has 1 saturated heterocycles. The molecule has 2 rings (SSSR count). The third kappa shape index (κ3) is 3.86. The van der Waals surface area contributed by atoms with Crippen LogP contribution < -0.4 is 11.1 Å². The van der Waals surface area contributed by atoms with Gasteiger partial charge in [-0.3, -0.25) is 4.79 Å². The molecule has 0 atom stereocenters. The molecule has 0 bridgehead atoms. The van der Waals surface area contributed by atoms with Crippen LogP contribution in [0.1, 0.15) is 12.0 Å². The van der Waals surface area contributed by atoms with Crippen LogP contribution >= 0.6 is 0 Å². The van der Waals surface area contributed by atoms with E-state index in [4.69, 9.17) is 10.5 Å². The maximum atomic E-state index is 11.9. The molecule has 0 spiro atoms. The van der Waals surface area contributed by atoms with Gasteiger partial charge in [0.25, 0.3) is 0 Å². The Kier molecular flexibility index (Phi) is 4.63. The molecule has 5 nitrogen and oxygen atoms in total. The van der Waals surface area contributed by atoms with Crippen molar-refractivity contribution in [2.75, 3.05) is 43.9 Å². The van der Waals surface area contributed by atoms with Crippen LogP contribution in [0, 0.1) is 6.92 Å². The van der Waals surface area contributed by atoms with E-state index in [-0.39, 0.29) is 5.91 Å². The topological polar surface area (TPSA) is 67.6 Å². The van der Waals surface area contributed by atoms with E-state index in [1.54, 1.807) is 0 Å². The Labute approximate surface area is 113 Å². The van der Waals surface area contributed by atoms with E-state index in [0.29, 0.717) is 39.3 Å². The van der Waals surface area contributed by atoms with Gasteiger partial charge in [0, 0.05) is 37.4 Å². The molecular formula is C14H21N3O2. The lowest BCUT2D eigenvalue weighted by molar-refractivity contribution is -0.134. The third-order valence-electron chi connectivity index (χ3n) is 3.31. The van der Waals surface area contributed by atoms with Gasteiger partial charge in [-0.2, -0.15) is 0 Å². The van der Waals surface area contributed by atoms with Gasteiger partial charge in [0.2, 0.25) is 5.91 Å². The van der Waals surface area contributed by atoms with Gasteiger partial charge in [-0.15, -0.1) is 0 Å². The average Bonchev–Trinajstić information content (AvgIpc) is 2.43. The fourth-order valence-electron chi connectivity index (χ4n) is 2.04. The summed E-state index contributed by atoms with van der Waals surface area (Å²) in [6.45, 7) is 5.30. The Morgan fingerprint density at radius 1 is 1.42 bits per heavy atom. The fraction of sp³-hybridized carbons (Fsp3) is 0.500. The van der Waals surface area contributed by atoms with E-state index in [9.17, 15) is 4.79 Å². The van der Waals surface area contributed by atoms with Gasteiger partial charge in [-0.05, 0) is 24.6 Å². The number of aryl methyl sites for hydroxylation is 1. The summed E-state index contributed by atoms with van der Waals surface area (Å²) in [5.41, 5.74) is 8.63. The normalized spacial score (nSPS) is 15.3. The van der Waals surface area contributed by atoms with Crippen LogP contribution in [0.3, 0.4) is 0 Å². The highest BCUT2D eigenvalue weighted by Crippen LogP contribution is 2.16. The van der Waals surface area contributed by atoms with Gasteiger partial charge in [0.1, 0.15) is 0 Å². The Bertz CT molecular complexity index is 442. The highest BCUT2D eigenvalue weighted by atomic mass is 16.5.